The lowest BCUT2D eigenvalue weighted by Gasteiger charge is -2.36. The third-order valence-corrected chi connectivity index (χ3v) is 5.03. The van der Waals surface area contributed by atoms with Crippen LogP contribution in [0.4, 0.5) is 10.1 Å². The molecule has 0 spiro atoms. The minimum absolute atomic E-state index is 0.204. The molecule has 1 unspecified atom stereocenters. The van der Waals surface area contributed by atoms with Gasteiger partial charge in [0.15, 0.2) is 5.96 Å². The molecule has 1 fully saturated rings. The Balaban J connectivity index is 1.61. The van der Waals surface area contributed by atoms with Crippen molar-refractivity contribution in [2.75, 3.05) is 32.1 Å². The van der Waals surface area contributed by atoms with Gasteiger partial charge in [-0.05, 0) is 43.2 Å². The van der Waals surface area contributed by atoms with Crippen LogP contribution in [0.15, 0.2) is 47.5 Å². The minimum Gasteiger partial charge on any atom is -0.495 e. The van der Waals surface area contributed by atoms with Crippen molar-refractivity contribution >= 4 is 11.6 Å². The van der Waals surface area contributed by atoms with Crippen molar-refractivity contribution in [3.05, 3.63) is 59.4 Å². The number of nitriles is 1. The van der Waals surface area contributed by atoms with Crippen molar-refractivity contribution < 1.29 is 9.13 Å². The van der Waals surface area contributed by atoms with Crippen LogP contribution in [0.3, 0.4) is 0 Å². The molecule has 0 aromatic heterocycles. The molecule has 0 amide bonds. The van der Waals surface area contributed by atoms with Crippen LogP contribution in [0.25, 0.3) is 0 Å². The summed E-state index contributed by atoms with van der Waals surface area (Å²) in [6, 6.07) is 14.6. The van der Waals surface area contributed by atoms with Gasteiger partial charge in [-0.2, -0.15) is 5.26 Å². The molecular formula is C22H26FN5O. The summed E-state index contributed by atoms with van der Waals surface area (Å²) < 4.78 is 19.5. The number of nitrogens with zero attached hydrogens (tertiary/aromatic N) is 3. The third kappa shape index (κ3) is 5.17. The van der Waals surface area contributed by atoms with Gasteiger partial charge in [0.05, 0.1) is 24.4 Å². The lowest BCUT2D eigenvalue weighted by Crippen LogP contribution is -2.51. The topological polar surface area (TPSA) is 72.7 Å². The van der Waals surface area contributed by atoms with Crippen LogP contribution in [-0.4, -0.2) is 39.2 Å². The van der Waals surface area contributed by atoms with Gasteiger partial charge in [-0.1, -0.05) is 12.1 Å². The van der Waals surface area contributed by atoms with E-state index in [0.717, 1.165) is 37.4 Å². The van der Waals surface area contributed by atoms with Crippen molar-refractivity contribution in [2.45, 2.75) is 25.4 Å². The summed E-state index contributed by atoms with van der Waals surface area (Å²) in [6.45, 7) is 2.04. The van der Waals surface area contributed by atoms with Crippen molar-refractivity contribution in [1.29, 1.82) is 5.26 Å². The number of nitrogens with one attached hydrogen (secondary N) is 2. The van der Waals surface area contributed by atoms with Crippen LogP contribution in [0.2, 0.25) is 0 Å². The van der Waals surface area contributed by atoms with E-state index in [4.69, 9.17) is 10.00 Å². The van der Waals surface area contributed by atoms with Gasteiger partial charge >= 0.3 is 0 Å². The molecule has 1 atom stereocenters. The molecule has 152 valence electrons. The maximum Gasteiger partial charge on any atom is 0.191 e. The number of methoxy groups -OCH3 is 1. The molecule has 6 nitrogen and oxygen atoms in total. The van der Waals surface area contributed by atoms with E-state index in [1.807, 2.05) is 24.3 Å². The van der Waals surface area contributed by atoms with Crippen LogP contribution in [0.1, 0.15) is 24.0 Å². The fourth-order valence-electron chi connectivity index (χ4n) is 3.55. The van der Waals surface area contributed by atoms with Gasteiger partial charge in [0, 0.05) is 38.3 Å². The van der Waals surface area contributed by atoms with E-state index >= 15 is 0 Å². The van der Waals surface area contributed by atoms with Crippen molar-refractivity contribution in [3.63, 3.8) is 0 Å². The summed E-state index contributed by atoms with van der Waals surface area (Å²) in [7, 11) is 3.38. The van der Waals surface area contributed by atoms with Gasteiger partial charge in [-0.3, -0.25) is 4.99 Å². The average Bonchev–Trinajstić information content (AvgIpc) is 2.77. The number of anilines is 1. The minimum atomic E-state index is -0.341. The summed E-state index contributed by atoms with van der Waals surface area (Å²) in [5, 5.41) is 15.6. The summed E-state index contributed by atoms with van der Waals surface area (Å²) in [5.74, 6) is 1.13. The first-order valence-electron chi connectivity index (χ1n) is 9.68. The lowest BCUT2D eigenvalue weighted by molar-refractivity contribution is 0.408. The zero-order valence-corrected chi connectivity index (χ0v) is 16.8. The number of hydrogen-bond donors (Lipinski definition) is 2. The molecule has 2 aromatic carbocycles. The Morgan fingerprint density at radius 1 is 1.34 bits per heavy atom. The first kappa shape index (κ1) is 20.5. The molecule has 0 radical (unpaired) electrons. The summed E-state index contributed by atoms with van der Waals surface area (Å²) in [4.78, 5) is 6.57. The van der Waals surface area contributed by atoms with Gasteiger partial charge in [-0.15, -0.1) is 0 Å². The van der Waals surface area contributed by atoms with E-state index < -0.39 is 0 Å². The summed E-state index contributed by atoms with van der Waals surface area (Å²) in [6.07, 6.45) is 2.07. The largest absolute Gasteiger partial charge is 0.495 e. The number of halogens is 1. The van der Waals surface area contributed by atoms with E-state index in [2.05, 4.69) is 26.6 Å². The number of ether oxygens (including phenoxy) is 1. The van der Waals surface area contributed by atoms with E-state index in [1.165, 1.54) is 12.1 Å². The maximum absolute atomic E-state index is 14.0. The van der Waals surface area contributed by atoms with Gasteiger partial charge in [0.2, 0.25) is 0 Å². The van der Waals surface area contributed by atoms with E-state index in [9.17, 15) is 4.39 Å². The Kier molecular flexibility index (Phi) is 6.90. The molecule has 3 rings (SSSR count). The first-order valence-corrected chi connectivity index (χ1v) is 9.68. The highest BCUT2D eigenvalue weighted by atomic mass is 19.1. The molecule has 29 heavy (non-hydrogen) atoms. The average molecular weight is 395 g/mol. The lowest BCUT2D eigenvalue weighted by atomic mass is 10.0. The van der Waals surface area contributed by atoms with Gasteiger partial charge in [0.25, 0.3) is 0 Å². The van der Waals surface area contributed by atoms with E-state index in [0.29, 0.717) is 17.1 Å². The number of hydrogen-bond acceptors (Lipinski definition) is 4. The fourth-order valence-corrected chi connectivity index (χ4v) is 3.55. The zero-order chi connectivity index (χ0) is 20.6. The monoisotopic (exact) mass is 395 g/mol. The highest BCUT2D eigenvalue weighted by molar-refractivity contribution is 5.80. The van der Waals surface area contributed by atoms with E-state index in [-0.39, 0.29) is 18.4 Å². The van der Waals surface area contributed by atoms with Crippen LogP contribution < -0.4 is 20.3 Å². The Morgan fingerprint density at radius 2 is 2.17 bits per heavy atom. The van der Waals surface area contributed by atoms with Gasteiger partial charge < -0.3 is 20.3 Å². The van der Waals surface area contributed by atoms with Crippen LogP contribution in [0, 0.1) is 17.1 Å². The Bertz CT molecular complexity index is 908. The Hall–Kier alpha value is -3.27. The van der Waals surface area contributed by atoms with Crippen LogP contribution >= 0.6 is 0 Å². The number of para-hydroxylation sites is 2. The zero-order valence-electron chi connectivity index (χ0n) is 16.8. The fraction of sp³-hybridized carbons (Fsp3) is 0.364. The predicted octanol–water partition coefficient (Wildman–Crippen LogP) is 3.04. The highest BCUT2D eigenvalue weighted by Crippen LogP contribution is 2.29. The van der Waals surface area contributed by atoms with Crippen LogP contribution in [-0.2, 0) is 6.54 Å². The molecule has 1 heterocycles. The quantitative estimate of drug-likeness (QED) is 0.601. The molecule has 1 saturated heterocycles. The van der Waals surface area contributed by atoms with Crippen molar-refractivity contribution in [3.8, 4) is 11.8 Å². The van der Waals surface area contributed by atoms with Gasteiger partial charge in [0.1, 0.15) is 11.6 Å². The number of rotatable bonds is 5. The summed E-state index contributed by atoms with van der Waals surface area (Å²) in [5.41, 5.74) is 1.96. The molecule has 0 saturated carbocycles. The number of aliphatic imine (C=N–C) groups is 1. The molecule has 1 aliphatic heterocycles. The second kappa shape index (κ2) is 9.78. The Labute approximate surface area is 171 Å². The number of benzene rings is 2. The molecular weight excluding hydrogens is 369 g/mol. The molecule has 0 bridgehead atoms. The second-order valence-corrected chi connectivity index (χ2v) is 6.95. The third-order valence-electron chi connectivity index (χ3n) is 5.03. The normalized spacial score (nSPS) is 16.8. The predicted molar refractivity (Wildman–Crippen MR) is 113 cm³/mol. The molecule has 1 aliphatic rings. The standard InChI is InChI=1S/C22H26FN5O/c1-25-22(26-14-17-12-16(13-24)9-10-19(17)23)27-18-6-5-11-28(15-18)20-7-3-4-8-21(20)29-2/h3-4,7-10,12,18H,5-6,11,14-15H2,1-2H3,(H2,25,26,27). The SMILES string of the molecule is CN=C(NCc1cc(C#N)ccc1F)NC1CCCN(c2ccccc2OC)C1. The molecule has 2 N–H and O–H groups in total. The van der Waals surface area contributed by atoms with Crippen molar-refractivity contribution in [1.82, 2.24) is 10.6 Å². The van der Waals surface area contributed by atoms with Crippen LogP contribution in [0.5, 0.6) is 5.75 Å². The molecule has 2 aromatic rings. The van der Waals surface area contributed by atoms with E-state index in [1.54, 1.807) is 20.2 Å². The van der Waals surface area contributed by atoms with Gasteiger partial charge in [-0.25, -0.2) is 4.39 Å². The second-order valence-electron chi connectivity index (χ2n) is 6.95. The Morgan fingerprint density at radius 3 is 2.93 bits per heavy atom. The number of guanidine groups is 1. The van der Waals surface area contributed by atoms with Crippen molar-refractivity contribution in [2.24, 2.45) is 4.99 Å². The molecule has 0 aliphatic carbocycles. The maximum atomic E-state index is 14.0. The first-order chi connectivity index (χ1) is 14.1. The smallest absolute Gasteiger partial charge is 0.191 e. The number of piperidine rings is 1. The summed E-state index contributed by atoms with van der Waals surface area (Å²) >= 11 is 0. The highest BCUT2D eigenvalue weighted by Gasteiger charge is 2.22. The molecule has 7 heteroatoms.